The van der Waals surface area contributed by atoms with Gasteiger partial charge in [-0.25, -0.2) is 4.79 Å². The van der Waals surface area contributed by atoms with Crippen molar-refractivity contribution in [2.75, 3.05) is 45.9 Å². The Morgan fingerprint density at radius 1 is 1.00 bits per heavy atom. The molecule has 0 unspecified atom stereocenters. The summed E-state index contributed by atoms with van der Waals surface area (Å²) in [4.78, 5) is 29.8. The topological polar surface area (TPSA) is 53.1 Å². The number of hydrogen-bond acceptors (Lipinski definition) is 3. The Kier molecular flexibility index (Phi) is 6.26. The zero-order valence-corrected chi connectivity index (χ0v) is 13.9. The molecule has 1 aromatic carbocycles. The fourth-order valence-corrected chi connectivity index (χ4v) is 2.59. The maximum absolute atomic E-state index is 12.3. The lowest BCUT2D eigenvalue weighted by Gasteiger charge is -2.37. The summed E-state index contributed by atoms with van der Waals surface area (Å²) in [6.45, 7) is 7.67. The number of rotatable bonds is 5. The van der Waals surface area contributed by atoms with E-state index in [0.717, 1.165) is 0 Å². The summed E-state index contributed by atoms with van der Waals surface area (Å²) in [5.41, 5.74) is 0. The molecule has 6 nitrogen and oxygen atoms in total. The monoisotopic (exact) mass is 319 g/mol. The molecule has 3 amide bonds. The maximum atomic E-state index is 12.3. The van der Waals surface area contributed by atoms with Gasteiger partial charge in [-0.15, -0.1) is 0 Å². The Morgan fingerprint density at radius 2 is 1.57 bits per heavy atom. The molecular weight excluding hydrogens is 294 g/mol. The molecule has 0 saturated carbocycles. The molecule has 1 aromatic rings. The van der Waals surface area contributed by atoms with Gasteiger partial charge in [0.05, 0.1) is 0 Å². The smallest absolute Gasteiger partial charge is 0.320 e. The minimum atomic E-state index is -0.0382. The summed E-state index contributed by atoms with van der Waals surface area (Å²) >= 11 is 0. The largest absolute Gasteiger partial charge is 0.484 e. The van der Waals surface area contributed by atoms with Crippen LogP contribution in [0.2, 0.25) is 0 Å². The second-order valence-electron chi connectivity index (χ2n) is 5.42. The Balaban J connectivity index is 1.77. The van der Waals surface area contributed by atoms with E-state index in [0.29, 0.717) is 45.0 Å². The standard InChI is InChI=1S/C17H25N3O3/c1-3-18(4-2)17(22)20-12-10-19(11-13-20)16(21)14-23-15-8-6-5-7-9-15/h5-9H,3-4,10-14H2,1-2H3. The first kappa shape index (κ1) is 17.1. The highest BCUT2D eigenvalue weighted by molar-refractivity contribution is 5.79. The van der Waals surface area contributed by atoms with Gasteiger partial charge < -0.3 is 19.4 Å². The van der Waals surface area contributed by atoms with Crippen LogP contribution in [0.1, 0.15) is 13.8 Å². The number of amides is 3. The molecule has 0 N–H and O–H groups in total. The van der Waals surface area contributed by atoms with Crippen LogP contribution in [-0.2, 0) is 4.79 Å². The lowest BCUT2D eigenvalue weighted by atomic mass is 10.3. The van der Waals surface area contributed by atoms with Crippen molar-refractivity contribution in [3.63, 3.8) is 0 Å². The highest BCUT2D eigenvalue weighted by Crippen LogP contribution is 2.10. The van der Waals surface area contributed by atoms with Crippen molar-refractivity contribution in [3.05, 3.63) is 30.3 Å². The van der Waals surface area contributed by atoms with E-state index in [1.165, 1.54) is 0 Å². The average molecular weight is 319 g/mol. The molecule has 0 atom stereocenters. The van der Waals surface area contributed by atoms with Crippen molar-refractivity contribution in [2.45, 2.75) is 13.8 Å². The molecular formula is C17H25N3O3. The predicted octanol–water partition coefficient (Wildman–Crippen LogP) is 1.67. The van der Waals surface area contributed by atoms with Crippen LogP contribution in [0.5, 0.6) is 5.75 Å². The zero-order chi connectivity index (χ0) is 16.7. The van der Waals surface area contributed by atoms with Crippen molar-refractivity contribution in [3.8, 4) is 5.75 Å². The van der Waals surface area contributed by atoms with Gasteiger partial charge in [0, 0.05) is 39.3 Å². The van der Waals surface area contributed by atoms with Gasteiger partial charge in [-0.05, 0) is 26.0 Å². The number of para-hydroxylation sites is 1. The molecule has 1 saturated heterocycles. The third-order valence-electron chi connectivity index (χ3n) is 4.04. The number of piperazine rings is 1. The van der Waals surface area contributed by atoms with Crippen LogP contribution in [0.25, 0.3) is 0 Å². The van der Waals surface area contributed by atoms with Gasteiger partial charge in [0.15, 0.2) is 6.61 Å². The van der Waals surface area contributed by atoms with Crippen LogP contribution in [0.4, 0.5) is 4.79 Å². The summed E-state index contributed by atoms with van der Waals surface area (Å²) in [6, 6.07) is 9.36. The van der Waals surface area contributed by atoms with E-state index in [1.807, 2.05) is 49.1 Å². The number of hydrogen-bond donors (Lipinski definition) is 0. The van der Waals surface area contributed by atoms with Gasteiger partial charge >= 0.3 is 6.03 Å². The van der Waals surface area contributed by atoms with Crippen LogP contribution < -0.4 is 4.74 Å². The first-order valence-electron chi connectivity index (χ1n) is 8.15. The predicted molar refractivity (Wildman–Crippen MR) is 88.4 cm³/mol. The van der Waals surface area contributed by atoms with E-state index in [2.05, 4.69) is 0 Å². The molecule has 1 aliphatic heterocycles. The molecule has 1 fully saturated rings. The number of carbonyl (C=O) groups excluding carboxylic acids is 2. The molecule has 0 aliphatic carbocycles. The van der Waals surface area contributed by atoms with E-state index in [9.17, 15) is 9.59 Å². The Labute approximate surface area is 137 Å². The Hall–Kier alpha value is -2.24. The second kappa shape index (κ2) is 8.41. The highest BCUT2D eigenvalue weighted by Gasteiger charge is 2.26. The van der Waals surface area contributed by atoms with Gasteiger partial charge in [0.1, 0.15) is 5.75 Å². The fourth-order valence-electron chi connectivity index (χ4n) is 2.59. The quantitative estimate of drug-likeness (QED) is 0.829. The highest BCUT2D eigenvalue weighted by atomic mass is 16.5. The number of carbonyl (C=O) groups is 2. The molecule has 2 rings (SSSR count). The van der Waals surface area contributed by atoms with Gasteiger partial charge in [0.2, 0.25) is 0 Å². The summed E-state index contributed by atoms with van der Waals surface area (Å²) in [5, 5.41) is 0. The summed E-state index contributed by atoms with van der Waals surface area (Å²) in [7, 11) is 0. The average Bonchev–Trinajstić information content (AvgIpc) is 2.61. The van der Waals surface area contributed by atoms with E-state index in [1.54, 1.807) is 9.80 Å². The lowest BCUT2D eigenvalue weighted by molar-refractivity contribution is -0.134. The molecule has 1 heterocycles. The first-order valence-corrected chi connectivity index (χ1v) is 8.15. The molecule has 6 heteroatoms. The molecule has 126 valence electrons. The lowest BCUT2D eigenvalue weighted by Crippen LogP contribution is -2.54. The van der Waals surface area contributed by atoms with Crippen molar-refractivity contribution < 1.29 is 14.3 Å². The van der Waals surface area contributed by atoms with E-state index < -0.39 is 0 Å². The van der Waals surface area contributed by atoms with Crippen molar-refractivity contribution in [1.29, 1.82) is 0 Å². The van der Waals surface area contributed by atoms with E-state index >= 15 is 0 Å². The van der Waals surface area contributed by atoms with Gasteiger partial charge in [-0.3, -0.25) is 4.79 Å². The van der Waals surface area contributed by atoms with Crippen molar-refractivity contribution in [2.24, 2.45) is 0 Å². The van der Waals surface area contributed by atoms with E-state index in [4.69, 9.17) is 4.74 Å². The second-order valence-corrected chi connectivity index (χ2v) is 5.42. The molecule has 0 aromatic heterocycles. The number of benzene rings is 1. The summed E-state index contributed by atoms with van der Waals surface area (Å²) in [5.74, 6) is 0.653. The molecule has 1 aliphatic rings. The maximum Gasteiger partial charge on any atom is 0.320 e. The minimum Gasteiger partial charge on any atom is -0.484 e. The van der Waals surface area contributed by atoms with Gasteiger partial charge in [-0.1, -0.05) is 18.2 Å². The van der Waals surface area contributed by atoms with Crippen molar-refractivity contribution >= 4 is 11.9 Å². The van der Waals surface area contributed by atoms with Crippen LogP contribution in [0, 0.1) is 0 Å². The molecule has 0 bridgehead atoms. The fraction of sp³-hybridized carbons (Fsp3) is 0.529. The SMILES string of the molecule is CCN(CC)C(=O)N1CCN(C(=O)COc2ccccc2)CC1. The van der Waals surface area contributed by atoms with Crippen LogP contribution in [-0.4, -0.2) is 72.5 Å². The summed E-state index contributed by atoms with van der Waals surface area (Å²) in [6.07, 6.45) is 0. The summed E-state index contributed by atoms with van der Waals surface area (Å²) < 4.78 is 5.49. The molecule has 23 heavy (non-hydrogen) atoms. The number of ether oxygens (including phenoxy) is 1. The van der Waals surface area contributed by atoms with Gasteiger partial charge in [0.25, 0.3) is 5.91 Å². The normalized spacial score (nSPS) is 14.5. The zero-order valence-electron chi connectivity index (χ0n) is 13.9. The number of urea groups is 1. The van der Waals surface area contributed by atoms with Crippen LogP contribution in [0.3, 0.4) is 0 Å². The van der Waals surface area contributed by atoms with Gasteiger partial charge in [-0.2, -0.15) is 0 Å². The Morgan fingerprint density at radius 3 is 2.13 bits per heavy atom. The molecule has 0 radical (unpaired) electrons. The third kappa shape index (κ3) is 4.61. The Bertz CT molecular complexity index is 509. The minimum absolute atomic E-state index is 0.0357. The van der Waals surface area contributed by atoms with E-state index in [-0.39, 0.29) is 18.5 Å². The van der Waals surface area contributed by atoms with Crippen LogP contribution in [0.15, 0.2) is 30.3 Å². The molecule has 0 spiro atoms. The van der Waals surface area contributed by atoms with Crippen LogP contribution >= 0.6 is 0 Å². The van der Waals surface area contributed by atoms with Crippen molar-refractivity contribution in [1.82, 2.24) is 14.7 Å². The first-order chi connectivity index (χ1) is 11.2. The number of nitrogens with zero attached hydrogens (tertiary/aromatic N) is 3. The third-order valence-corrected chi connectivity index (χ3v) is 4.04.